The van der Waals surface area contributed by atoms with Crippen LogP contribution < -0.4 is 14.9 Å². The lowest BCUT2D eigenvalue weighted by Gasteiger charge is -2.35. The van der Waals surface area contributed by atoms with Gasteiger partial charge in [0.15, 0.2) is 0 Å². The van der Waals surface area contributed by atoms with Crippen LogP contribution in [0.15, 0.2) is 12.4 Å². The van der Waals surface area contributed by atoms with Crippen LogP contribution in [0.2, 0.25) is 0 Å². The first-order chi connectivity index (χ1) is 13.0. The van der Waals surface area contributed by atoms with Crippen LogP contribution >= 0.6 is 11.9 Å². The number of morpholine rings is 1. The molecular weight excluding hydrogens is 358 g/mol. The summed E-state index contributed by atoms with van der Waals surface area (Å²) in [7, 11) is 0. The molecule has 2 fully saturated rings. The molecule has 2 aliphatic rings. The Hall–Kier alpha value is -1.05. The van der Waals surface area contributed by atoms with Crippen molar-refractivity contribution in [3.63, 3.8) is 0 Å². The maximum Gasteiger partial charge on any atom is 0.147 e. The Morgan fingerprint density at radius 3 is 2.41 bits per heavy atom. The van der Waals surface area contributed by atoms with Crippen LogP contribution in [0.4, 0.5) is 11.6 Å². The average Bonchev–Trinajstić information content (AvgIpc) is 2.65. The zero-order valence-electron chi connectivity index (χ0n) is 17.1. The minimum atomic E-state index is 0.233. The van der Waals surface area contributed by atoms with E-state index in [4.69, 9.17) is 4.74 Å². The molecule has 7 heteroatoms. The van der Waals surface area contributed by atoms with Gasteiger partial charge in [-0.05, 0) is 45.4 Å². The number of ether oxygens (including phenoxy) is 1. The fraction of sp³-hybridized carbons (Fsp3) is 0.800. The number of nitrogens with zero attached hydrogens (tertiary/aromatic N) is 3. The van der Waals surface area contributed by atoms with Crippen LogP contribution in [0, 0.1) is 5.92 Å². The zero-order valence-corrected chi connectivity index (χ0v) is 18.0. The van der Waals surface area contributed by atoms with Crippen molar-refractivity contribution >= 4 is 23.6 Å². The van der Waals surface area contributed by atoms with Crippen molar-refractivity contribution in [2.75, 3.05) is 29.9 Å². The molecule has 2 N–H and O–H groups in total. The van der Waals surface area contributed by atoms with Crippen molar-refractivity contribution in [3.8, 4) is 0 Å². The highest BCUT2D eigenvalue weighted by atomic mass is 32.2. The molecule has 152 valence electrons. The highest BCUT2D eigenvalue weighted by Gasteiger charge is 2.24. The van der Waals surface area contributed by atoms with Gasteiger partial charge in [-0.3, -0.25) is 4.72 Å². The van der Waals surface area contributed by atoms with Gasteiger partial charge in [0.25, 0.3) is 0 Å². The van der Waals surface area contributed by atoms with Gasteiger partial charge in [0.2, 0.25) is 0 Å². The molecule has 1 aliphatic carbocycles. The Balaban J connectivity index is 1.40. The fourth-order valence-electron chi connectivity index (χ4n) is 3.91. The minimum absolute atomic E-state index is 0.233. The van der Waals surface area contributed by atoms with Crippen molar-refractivity contribution in [1.29, 1.82) is 0 Å². The topological polar surface area (TPSA) is 62.3 Å². The smallest absolute Gasteiger partial charge is 0.147 e. The van der Waals surface area contributed by atoms with Crippen molar-refractivity contribution in [1.82, 2.24) is 14.7 Å². The van der Waals surface area contributed by atoms with Gasteiger partial charge in [0, 0.05) is 30.9 Å². The van der Waals surface area contributed by atoms with Gasteiger partial charge in [0.05, 0.1) is 24.6 Å². The van der Waals surface area contributed by atoms with Gasteiger partial charge in [-0.15, -0.1) is 0 Å². The summed E-state index contributed by atoms with van der Waals surface area (Å²) < 4.78 is 9.41. The predicted molar refractivity (Wildman–Crippen MR) is 114 cm³/mol. The number of aromatic nitrogens is 2. The summed E-state index contributed by atoms with van der Waals surface area (Å²) in [5, 5.41) is 4.13. The van der Waals surface area contributed by atoms with Gasteiger partial charge >= 0.3 is 0 Å². The molecule has 0 aromatic carbocycles. The van der Waals surface area contributed by atoms with E-state index in [0.29, 0.717) is 11.3 Å². The number of rotatable bonds is 7. The van der Waals surface area contributed by atoms with Gasteiger partial charge in [0.1, 0.15) is 11.6 Å². The highest BCUT2D eigenvalue weighted by Crippen LogP contribution is 2.26. The minimum Gasteiger partial charge on any atom is -0.372 e. The molecule has 2 heterocycles. The molecule has 0 bridgehead atoms. The third-order valence-electron chi connectivity index (χ3n) is 5.27. The van der Waals surface area contributed by atoms with Gasteiger partial charge in [-0.25, -0.2) is 9.97 Å². The number of anilines is 2. The van der Waals surface area contributed by atoms with Crippen LogP contribution in [-0.4, -0.2) is 53.1 Å². The quantitative estimate of drug-likeness (QED) is 0.685. The average molecular weight is 394 g/mol. The zero-order chi connectivity index (χ0) is 19.2. The molecule has 0 radical (unpaired) electrons. The highest BCUT2D eigenvalue weighted by molar-refractivity contribution is 7.98. The van der Waals surface area contributed by atoms with Crippen LogP contribution in [-0.2, 0) is 4.74 Å². The van der Waals surface area contributed by atoms with E-state index in [1.165, 1.54) is 25.7 Å². The Labute approximate surface area is 168 Å². The monoisotopic (exact) mass is 393 g/mol. The van der Waals surface area contributed by atoms with E-state index >= 15 is 0 Å². The Morgan fingerprint density at radius 1 is 1.11 bits per heavy atom. The van der Waals surface area contributed by atoms with Gasteiger partial charge in [-0.2, -0.15) is 0 Å². The molecule has 0 spiro atoms. The van der Waals surface area contributed by atoms with Crippen molar-refractivity contribution in [2.45, 2.75) is 76.9 Å². The van der Waals surface area contributed by atoms with E-state index in [9.17, 15) is 0 Å². The molecule has 1 aromatic rings. The van der Waals surface area contributed by atoms with E-state index in [0.717, 1.165) is 37.2 Å². The molecule has 27 heavy (non-hydrogen) atoms. The Morgan fingerprint density at radius 2 is 1.81 bits per heavy atom. The lowest BCUT2D eigenvalue weighted by molar-refractivity contribution is -0.00547. The predicted octanol–water partition coefficient (Wildman–Crippen LogP) is 3.71. The molecule has 1 aromatic heterocycles. The van der Waals surface area contributed by atoms with Crippen LogP contribution in [0.5, 0.6) is 0 Å². The van der Waals surface area contributed by atoms with Gasteiger partial charge < -0.3 is 15.0 Å². The standard InChI is InChI=1S/C20H35N5OS/c1-14(2)27-24-18-7-5-17(6-8-18)9-21-19-10-23-20(11-22-19)25-12-15(3)26-16(4)13-25/h10-11,14-18,24H,5-9,12-13H2,1-4H3,(H,21,22)/t15-,16+,17?,18?. The van der Waals surface area contributed by atoms with E-state index in [1.807, 2.05) is 24.3 Å². The first-order valence-electron chi connectivity index (χ1n) is 10.4. The summed E-state index contributed by atoms with van der Waals surface area (Å²) in [5.41, 5.74) is 0. The lowest BCUT2D eigenvalue weighted by Crippen LogP contribution is -2.45. The second kappa shape index (κ2) is 9.94. The summed E-state index contributed by atoms with van der Waals surface area (Å²) in [6.07, 6.45) is 9.31. The molecular formula is C20H35N5OS. The van der Waals surface area contributed by atoms with Crippen molar-refractivity contribution in [3.05, 3.63) is 12.4 Å². The maximum absolute atomic E-state index is 5.79. The summed E-state index contributed by atoms with van der Waals surface area (Å²) in [6.45, 7) is 11.4. The van der Waals surface area contributed by atoms with Gasteiger partial charge in [-0.1, -0.05) is 25.8 Å². The van der Waals surface area contributed by atoms with Crippen LogP contribution in [0.3, 0.4) is 0 Å². The Bertz CT molecular complexity index is 552. The van der Waals surface area contributed by atoms with Crippen molar-refractivity contribution in [2.24, 2.45) is 5.92 Å². The van der Waals surface area contributed by atoms with E-state index < -0.39 is 0 Å². The number of hydrogen-bond acceptors (Lipinski definition) is 7. The molecule has 3 rings (SSSR count). The van der Waals surface area contributed by atoms with Crippen LogP contribution in [0.1, 0.15) is 53.4 Å². The SMILES string of the molecule is CC(C)SNC1CCC(CNc2cnc(N3C[C@@H](C)O[C@@H](C)C3)cn2)CC1. The van der Waals surface area contributed by atoms with E-state index in [1.54, 1.807) is 0 Å². The van der Waals surface area contributed by atoms with Crippen molar-refractivity contribution < 1.29 is 4.74 Å². The maximum atomic E-state index is 5.79. The molecule has 1 aliphatic heterocycles. The fourth-order valence-corrected chi connectivity index (χ4v) is 4.61. The second-order valence-corrected chi connectivity index (χ2v) is 9.72. The lowest BCUT2D eigenvalue weighted by atomic mass is 9.86. The summed E-state index contributed by atoms with van der Waals surface area (Å²) in [5.74, 6) is 2.55. The number of nitrogens with one attached hydrogen (secondary N) is 2. The molecule has 6 nitrogen and oxygen atoms in total. The first kappa shape index (κ1) is 20.7. The summed E-state index contributed by atoms with van der Waals surface area (Å²) >= 11 is 1.87. The molecule has 0 amide bonds. The van der Waals surface area contributed by atoms with Crippen LogP contribution in [0.25, 0.3) is 0 Å². The molecule has 1 saturated heterocycles. The Kier molecular flexibility index (Phi) is 7.61. The molecule has 2 atom stereocenters. The third-order valence-corrected chi connectivity index (χ3v) is 6.21. The number of hydrogen-bond donors (Lipinski definition) is 2. The second-order valence-electron chi connectivity index (χ2n) is 8.31. The molecule has 1 saturated carbocycles. The normalized spacial score (nSPS) is 29.1. The first-order valence-corrected chi connectivity index (χ1v) is 11.2. The summed E-state index contributed by atoms with van der Waals surface area (Å²) in [4.78, 5) is 11.5. The van der Waals surface area contributed by atoms with E-state index in [-0.39, 0.29) is 12.2 Å². The van der Waals surface area contributed by atoms with E-state index in [2.05, 4.69) is 52.6 Å². The largest absolute Gasteiger partial charge is 0.372 e. The molecule has 0 unspecified atom stereocenters. The summed E-state index contributed by atoms with van der Waals surface area (Å²) in [6, 6.07) is 0.672. The third kappa shape index (κ3) is 6.50.